The number of amides is 1. The standard InChI is InChI=1S/C23H20N2O4S/c26-22(27)20-11-24-21(30-20)14-9-10-25(12-14)23(28)29-13-19-17-7-3-1-5-15(17)16-6-2-4-8-18(16)19/h1-8,11,14,19H,9-10,12-13H2,(H,26,27). The molecule has 1 aliphatic carbocycles. The van der Waals surface area contributed by atoms with Crippen LogP contribution in [0.25, 0.3) is 11.1 Å². The minimum Gasteiger partial charge on any atom is -0.477 e. The molecule has 6 nitrogen and oxygen atoms in total. The molecule has 0 spiro atoms. The van der Waals surface area contributed by atoms with Crippen molar-refractivity contribution in [3.8, 4) is 11.1 Å². The fraction of sp³-hybridized carbons (Fsp3) is 0.261. The van der Waals surface area contributed by atoms with Crippen LogP contribution < -0.4 is 0 Å². The lowest BCUT2D eigenvalue weighted by Gasteiger charge is -2.19. The topological polar surface area (TPSA) is 79.7 Å². The number of thiazole rings is 1. The molecule has 0 radical (unpaired) electrons. The van der Waals surface area contributed by atoms with Crippen molar-refractivity contribution in [1.82, 2.24) is 9.88 Å². The summed E-state index contributed by atoms with van der Waals surface area (Å²) in [6.45, 7) is 1.39. The Morgan fingerprint density at radius 3 is 2.40 bits per heavy atom. The van der Waals surface area contributed by atoms with Gasteiger partial charge in [0, 0.05) is 24.9 Å². The summed E-state index contributed by atoms with van der Waals surface area (Å²) in [5.74, 6) is -0.870. The molecule has 1 fully saturated rings. The van der Waals surface area contributed by atoms with Gasteiger partial charge in [-0.2, -0.15) is 0 Å². The Kier molecular flexibility index (Phi) is 4.75. The fourth-order valence-corrected chi connectivity index (χ4v) is 5.27. The van der Waals surface area contributed by atoms with Crippen LogP contribution >= 0.6 is 11.3 Å². The van der Waals surface area contributed by atoms with E-state index in [4.69, 9.17) is 9.84 Å². The number of hydrogen-bond acceptors (Lipinski definition) is 5. The van der Waals surface area contributed by atoms with Crippen molar-refractivity contribution in [2.75, 3.05) is 19.7 Å². The first-order valence-electron chi connectivity index (χ1n) is 9.90. The molecule has 1 saturated heterocycles. The van der Waals surface area contributed by atoms with Gasteiger partial charge in [0.2, 0.25) is 0 Å². The highest BCUT2D eigenvalue weighted by Crippen LogP contribution is 2.44. The molecule has 1 unspecified atom stereocenters. The number of ether oxygens (including phenoxy) is 1. The maximum absolute atomic E-state index is 12.7. The average molecular weight is 420 g/mol. The summed E-state index contributed by atoms with van der Waals surface area (Å²) in [6, 6.07) is 16.5. The molecule has 152 valence electrons. The number of hydrogen-bond donors (Lipinski definition) is 1. The van der Waals surface area contributed by atoms with Gasteiger partial charge in [0.05, 0.1) is 11.2 Å². The highest BCUT2D eigenvalue weighted by Gasteiger charge is 2.33. The van der Waals surface area contributed by atoms with Gasteiger partial charge in [0.25, 0.3) is 0 Å². The van der Waals surface area contributed by atoms with Crippen LogP contribution in [0.4, 0.5) is 4.79 Å². The van der Waals surface area contributed by atoms with Crippen molar-refractivity contribution < 1.29 is 19.4 Å². The van der Waals surface area contributed by atoms with Crippen LogP contribution in [0.2, 0.25) is 0 Å². The van der Waals surface area contributed by atoms with E-state index in [2.05, 4.69) is 29.2 Å². The quantitative estimate of drug-likeness (QED) is 0.668. The number of benzene rings is 2. The van der Waals surface area contributed by atoms with Gasteiger partial charge in [-0.3, -0.25) is 0 Å². The van der Waals surface area contributed by atoms with Gasteiger partial charge in [-0.25, -0.2) is 14.6 Å². The van der Waals surface area contributed by atoms with E-state index >= 15 is 0 Å². The van der Waals surface area contributed by atoms with Gasteiger partial charge in [-0.05, 0) is 28.7 Å². The lowest BCUT2D eigenvalue weighted by Crippen LogP contribution is -2.30. The Hall–Kier alpha value is -3.19. The maximum atomic E-state index is 12.7. The zero-order valence-electron chi connectivity index (χ0n) is 16.2. The Morgan fingerprint density at radius 1 is 1.10 bits per heavy atom. The number of likely N-dealkylation sites (tertiary alicyclic amines) is 1. The molecule has 2 aromatic carbocycles. The molecular weight excluding hydrogens is 400 g/mol. The first-order valence-corrected chi connectivity index (χ1v) is 10.7. The lowest BCUT2D eigenvalue weighted by molar-refractivity contribution is 0.0701. The van der Waals surface area contributed by atoms with Crippen molar-refractivity contribution >= 4 is 23.4 Å². The number of carbonyl (C=O) groups excluding carboxylic acids is 1. The summed E-state index contributed by atoms with van der Waals surface area (Å²) >= 11 is 1.18. The molecule has 1 amide bonds. The second-order valence-electron chi connectivity index (χ2n) is 7.60. The minimum absolute atomic E-state index is 0.0387. The van der Waals surface area contributed by atoms with E-state index in [1.165, 1.54) is 39.8 Å². The largest absolute Gasteiger partial charge is 0.477 e. The second kappa shape index (κ2) is 7.57. The Morgan fingerprint density at radius 2 is 1.77 bits per heavy atom. The van der Waals surface area contributed by atoms with E-state index in [9.17, 15) is 9.59 Å². The summed E-state index contributed by atoms with van der Waals surface area (Å²) in [5.41, 5.74) is 4.78. The monoisotopic (exact) mass is 420 g/mol. The molecule has 1 N–H and O–H groups in total. The zero-order chi connectivity index (χ0) is 20.7. The first kappa shape index (κ1) is 18.8. The number of aromatic carboxylic acids is 1. The zero-order valence-corrected chi connectivity index (χ0v) is 17.0. The van der Waals surface area contributed by atoms with Crippen LogP contribution in [0, 0.1) is 0 Å². The van der Waals surface area contributed by atoms with E-state index < -0.39 is 5.97 Å². The fourth-order valence-electron chi connectivity index (χ4n) is 4.39. The smallest absolute Gasteiger partial charge is 0.409 e. The molecule has 2 heterocycles. The van der Waals surface area contributed by atoms with Crippen molar-refractivity contribution in [2.45, 2.75) is 18.3 Å². The summed E-state index contributed by atoms with van der Waals surface area (Å²) in [7, 11) is 0. The molecular formula is C23H20N2O4S. The molecule has 0 saturated carbocycles. The normalized spacial score (nSPS) is 17.6. The van der Waals surface area contributed by atoms with Crippen LogP contribution in [-0.2, 0) is 4.74 Å². The van der Waals surface area contributed by atoms with Gasteiger partial charge in [-0.15, -0.1) is 11.3 Å². The van der Waals surface area contributed by atoms with Crippen LogP contribution in [0.15, 0.2) is 54.7 Å². The highest BCUT2D eigenvalue weighted by atomic mass is 32.1. The summed E-state index contributed by atoms with van der Waals surface area (Å²) in [6.07, 6.45) is 1.82. The third-order valence-corrected chi connectivity index (χ3v) is 7.01. The average Bonchev–Trinajstić information content (AvgIpc) is 3.49. The van der Waals surface area contributed by atoms with Crippen molar-refractivity contribution in [1.29, 1.82) is 0 Å². The molecule has 1 aromatic heterocycles. The maximum Gasteiger partial charge on any atom is 0.409 e. The molecule has 5 rings (SSSR count). The summed E-state index contributed by atoms with van der Waals surface area (Å²) in [5, 5.41) is 9.85. The predicted molar refractivity (Wildman–Crippen MR) is 113 cm³/mol. The van der Waals surface area contributed by atoms with Gasteiger partial charge in [0.1, 0.15) is 11.5 Å². The van der Waals surface area contributed by atoms with E-state index in [-0.39, 0.29) is 22.8 Å². The number of carboxylic acid groups (broad SMARTS) is 1. The number of aromatic nitrogens is 1. The number of fused-ring (bicyclic) bond motifs is 3. The molecule has 1 atom stereocenters. The SMILES string of the molecule is O=C(O)c1cnc(C2CCN(C(=O)OCC3c4ccccc4-c4ccccc43)C2)s1. The van der Waals surface area contributed by atoms with Crippen LogP contribution in [-0.4, -0.2) is 46.7 Å². The van der Waals surface area contributed by atoms with Crippen LogP contribution in [0.1, 0.15) is 44.1 Å². The van der Waals surface area contributed by atoms with Gasteiger partial charge in [0.15, 0.2) is 0 Å². The Bertz CT molecular complexity index is 1080. The predicted octanol–water partition coefficient (Wildman–Crippen LogP) is 4.58. The Balaban J connectivity index is 1.25. The summed E-state index contributed by atoms with van der Waals surface area (Å²) < 4.78 is 5.73. The molecule has 1 aliphatic heterocycles. The van der Waals surface area contributed by atoms with E-state index in [1.54, 1.807) is 4.90 Å². The second-order valence-corrected chi connectivity index (χ2v) is 8.67. The number of carbonyl (C=O) groups is 2. The van der Waals surface area contributed by atoms with Crippen molar-refractivity contribution in [3.05, 3.63) is 75.7 Å². The van der Waals surface area contributed by atoms with E-state index in [0.29, 0.717) is 19.7 Å². The van der Waals surface area contributed by atoms with Crippen LogP contribution in [0.5, 0.6) is 0 Å². The number of nitrogens with zero attached hydrogens (tertiary/aromatic N) is 2. The minimum atomic E-state index is -0.967. The first-order chi connectivity index (χ1) is 14.6. The number of carboxylic acids is 1. The molecule has 0 bridgehead atoms. The third-order valence-electron chi connectivity index (χ3n) is 5.87. The van der Waals surface area contributed by atoms with Crippen LogP contribution in [0.3, 0.4) is 0 Å². The molecule has 7 heteroatoms. The summed E-state index contributed by atoms with van der Waals surface area (Å²) in [4.78, 5) is 29.9. The Labute approximate surface area is 177 Å². The molecule has 2 aliphatic rings. The van der Waals surface area contributed by atoms with Crippen molar-refractivity contribution in [3.63, 3.8) is 0 Å². The third kappa shape index (κ3) is 3.25. The van der Waals surface area contributed by atoms with E-state index in [0.717, 1.165) is 11.4 Å². The van der Waals surface area contributed by atoms with E-state index in [1.807, 2.05) is 24.3 Å². The molecule has 3 aromatic rings. The van der Waals surface area contributed by atoms with Crippen molar-refractivity contribution in [2.24, 2.45) is 0 Å². The number of rotatable bonds is 4. The highest BCUT2D eigenvalue weighted by molar-refractivity contribution is 7.13. The lowest BCUT2D eigenvalue weighted by atomic mass is 9.98. The van der Waals surface area contributed by atoms with Gasteiger partial charge in [-0.1, -0.05) is 48.5 Å². The molecule has 30 heavy (non-hydrogen) atoms. The van der Waals surface area contributed by atoms with Gasteiger partial charge < -0.3 is 14.7 Å². The van der Waals surface area contributed by atoms with Gasteiger partial charge >= 0.3 is 12.1 Å².